The van der Waals surface area contributed by atoms with Crippen LogP contribution in [0.15, 0.2) is 53.1 Å². The second-order valence-corrected chi connectivity index (χ2v) is 6.10. The summed E-state index contributed by atoms with van der Waals surface area (Å²) >= 11 is 9.71. The van der Waals surface area contributed by atoms with Gasteiger partial charge in [-0.15, -0.1) is 0 Å². The average Bonchev–Trinajstić information content (AvgIpc) is 2.84. The van der Waals surface area contributed by atoms with Crippen LogP contribution in [0.4, 0.5) is 0 Å². The second-order valence-electron chi connectivity index (χ2n) is 4.78. The number of nitrogens with two attached hydrogens (primary N) is 1. The van der Waals surface area contributed by atoms with Gasteiger partial charge in [-0.25, -0.2) is 0 Å². The SMILES string of the molecule is NCc1ccc2c(ccn2Cc2ccc(Br)cc2Cl)c1. The molecule has 0 radical (unpaired) electrons. The first-order valence-corrected chi connectivity index (χ1v) is 7.56. The third kappa shape index (κ3) is 2.62. The predicted octanol–water partition coefficient (Wildman–Crippen LogP) is 4.56. The van der Waals surface area contributed by atoms with Gasteiger partial charge in [0.25, 0.3) is 0 Å². The highest BCUT2D eigenvalue weighted by Crippen LogP contribution is 2.24. The van der Waals surface area contributed by atoms with Crippen LogP contribution in [-0.2, 0) is 13.1 Å². The van der Waals surface area contributed by atoms with Gasteiger partial charge in [0.2, 0.25) is 0 Å². The first-order valence-electron chi connectivity index (χ1n) is 6.39. The highest BCUT2D eigenvalue weighted by atomic mass is 79.9. The van der Waals surface area contributed by atoms with E-state index in [-0.39, 0.29) is 0 Å². The van der Waals surface area contributed by atoms with Crippen molar-refractivity contribution in [3.63, 3.8) is 0 Å². The van der Waals surface area contributed by atoms with Crippen LogP contribution in [0.3, 0.4) is 0 Å². The lowest BCUT2D eigenvalue weighted by molar-refractivity contribution is 0.836. The van der Waals surface area contributed by atoms with E-state index in [0.717, 1.165) is 27.2 Å². The zero-order valence-electron chi connectivity index (χ0n) is 10.8. The van der Waals surface area contributed by atoms with Gasteiger partial charge >= 0.3 is 0 Å². The molecule has 3 aromatic rings. The number of halogens is 2. The van der Waals surface area contributed by atoms with Crippen molar-refractivity contribution in [2.45, 2.75) is 13.1 Å². The minimum atomic E-state index is 0.569. The molecular formula is C16H14BrClN2. The molecule has 0 amide bonds. The van der Waals surface area contributed by atoms with Gasteiger partial charge in [-0.1, -0.05) is 39.7 Å². The molecule has 20 heavy (non-hydrogen) atoms. The summed E-state index contributed by atoms with van der Waals surface area (Å²) in [6.45, 7) is 1.33. The Labute approximate surface area is 131 Å². The van der Waals surface area contributed by atoms with E-state index in [9.17, 15) is 0 Å². The summed E-state index contributed by atoms with van der Waals surface area (Å²) in [6, 6.07) is 14.4. The maximum absolute atomic E-state index is 6.29. The van der Waals surface area contributed by atoms with Crippen LogP contribution < -0.4 is 5.73 Å². The maximum Gasteiger partial charge on any atom is 0.0490 e. The summed E-state index contributed by atoms with van der Waals surface area (Å²) in [5.41, 5.74) is 9.13. The molecule has 3 rings (SSSR count). The summed E-state index contributed by atoms with van der Waals surface area (Å²) < 4.78 is 3.20. The fourth-order valence-electron chi connectivity index (χ4n) is 2.35. The molecule has 1 aromatic heterocycles. The molecular weight excluding hydrogens is 336 g/mol. The number of hydrogen-bond acceptors (Lipinski definition) is 1. The van der Waals surface area contributed by atoms with Crippen LogP contribution in [0.5, 0.6) is 0 Å². The lowest BCUT2D eigenvalue weighted by Gasteiger charge is -2.08. The molecule has 0 fully saturated rings. The first-order chi connectivity index (χ1) is 9.67. The molecule has 0 aliphatic rings. The van der Waals surface area contributed by atoms with Gasteiger partial charge in [-0.2, -0.15) is 0 Å². The van der Waals surface area contributed by atoms with E-state index in [1.807, 2.05) is 18.2 Å². The van der Waals surface area contributed by atoms with E-state index in [2.05, 4.69) is 51.0 Å². The van der Waals surface area contributed by atoms with Crippen molar-refractivity contribution < 1.29 is 0 Å². The molecule has 0 spiro atoms. The van der Waals surface area contributed by atoms with Crippen molar-refractivity contribution in [1.29, 1.82) is 0 Å². The minimum absolute atomic E-state index is 0.569. The largest absolute Gasteiger partial charge is 0.343 e. The monoisotopic (exact) mass is 348 g/mol. The predicted molar refractivity (Wildman–Crippen MR) is 88.1 cm³/mol. The number of benzene rings is 2. The minimum Gasteiger partial charge on any atom is -0.343 e. The Hall–Kier alpha value is -1.29. The molecule has 2 nitrogen and oxygen atoms in total. The van der Waals surface area contributed by atoms with E-state index in [0.29, 0.717) is 6.54 Å². The quantitative estimate of drug-likeness (QED) is 0.738. The van der Waals surface area contributed by atoms with E-state index >= 15 is 0 Å². The molecule has 0 aliphatic heterocycles. The van der Waals surface area contributed by atoms with Crippen molar-refractivity contribution in [2.75, 3.05) is 0 Å². The van der Waals surface area contributed by atoms with Crippen LogP contribution in [0.1, 0.15) is 11.1 Å². The van der Waals surface area contributed by atoms with E-state index in [1.165, 1.54) is 10.9 Å². The molecule has 102 valence electrons. The summed E-state index contributed by atoms with van der Waals surface area (Å²) in [7, 11) is 0. The Balaban J connectivity index is 1.98. The maximum atomic E-state index is 6.29. The summed E-state index contributed by atoms with van der Waals surface area (Å²) in [4.78, 5) is 0. The Morgan fingerprint density at radius 1 is 1.10 bits per heavy atom. The van der Waals surface area contributed by atoms with Crippen molar-refractivity contribution in [2.24, 2.45) is 5.73 Å². The Bertz CT molecular complexity index is 764. The van der Waals surface area contributed by atoms with Gasteiger partial charge < -0.3 is 10.3 Å². The highest BCUT2D eigenvalue weighted by Gasteiger charge is 2.06. The zero-order chi connectivity index (χ0) is 14.1. The van der Waals surface area contributed by atoms with Crippen molar-refractivity contribution in [1.82, 2.24) is 4.57 Å². The molecule has 2 N–H and O–H groups in total. The van der Waals surface area contributed by atoms with Crippen LogP contribution in [0, 0.1) is 0 Å². The third-order valence-corrected chi connectivity index (χ3v) is 4.27. The van der Waals surface area contributed by atoms with Crippen LogP contribution in [0.2, 0.25) is 5.02 Å². The van der Waals surface area contributed by atoms with Gasteiger partial charge in [0.15, 0.2) is 0 Å². The van der Waals surface area contributed by atoms with Crippen LogP contribution >= 0.6 is 27.5 Å². The molecule has 0 aliphatic carbocycles. The topological polar surface area (TPSA) is 30.9 Å². The fourth-order valence-corrected chi connectivity index (χ4v) is 3.08. The van der Waals surface area contributed by atoms with E-state index in [1.54, 1.807) is 0 Å². The molecule has 0 bridgehead atoms. The standard InChI is InChI=1S/C16H14BrClN2/c17-14-3-2-13(15(18)8-14)10-20-6-5-12-7-11(9-19)1-4-16(12)20/h1-8H,9-10,19H2. The number of hydrogen-bond donors (Lipinski definition) is 1. The molecule has 0 saturated heterocycles. The Kier molecular flexibility index (Phi) is 3.83. The zero-order valence-corrected chi connectivity index (χ0v) is 13.2. The number of fused-ring (bicyclic) bond motifs is 1. The molecule has 0 unspecified atom stereocenters. The van der Waals surface area contributed by atoms with E-state index < -0.39 is 0 Å². The van der Waals surface area contributed by atoms with Gasteiger partial charge in [0.1, 0.15) is 0 Å². The highest BCUT2D eigenvalue weighted by molar-refractivity contribution is 9.10. The third-order valence-electron chi connectivity index (χ3n) is 3.43. The summed E-state index contributed by atoms with van der Waals surface area (Å²) in [6.07, 6.45) is 2.09. The normalized spacial score (nSPS) is 11.2. The number of rotatable bonds is 3. The van der Waals surface area contributed by atoms with Crippen molar-refractivity contribution in [3.05, 3.63) is 69.3 Å². The molecule has 4 heteroatoms. The summed E-state index contributed by atoms with van der Waals surface area (Å²) in [5.74, 6) is 0. The lowest BCUT2D eigenvalue weighted by Crippen LogP contribution is -1.99. The first kappa shape index (κ1) is 13.7. The number of aromatic nitrogens is 1. The number of nitrogens with zero attached hydrogens (tertiary/aromatic N) is 1. The van der Waals surface area contributed by atoms with Gasteiger partial charge in [0.05, 0.1) is 0 Å². The Morgan fingerprint density at radius 3 is 2.70 bits per heavy atom. The van der Waals surface area contributed by atoms with Crippen molar-refractivity contribution in [3.8, 4) is 0 Å². The van der Waals surface area contributed by atoms with Gasteiger partial charge in [-0.05, 0) is 46.8 Å². The summed E-state index contributed by atoms with van der Waals surface area (Å²) in [5, 5.41) is 1.99. The molecule has 2 aromatic carbocycles. The van der Waals surface area contributed by atoms with Gasteiger partial charge in [-0.3, -0.25) is 0 Å². The van der Waals surface area contributed by atoms with Crippen molar-refractivity contribution >= 4 is 38.4 Å². The van der Waals surface area contributed by atoms with Gasteiger partial charge in [0, 0.05) is 34.3 Å². The molecule has 0 saturated carbocycles. The average molecular weight is 350 g/mol. The second kappa shape index (κ2) is 5.60. The molecule has 1 heterocycles. The van der Waals surface area contributed by atoms with E-state index in [4.69, 9.17) is 17.3 Å². The lowest BCUT2D eigenvalue weighted by atomic mass is 10.1. The van der Waals surface area contributed by atoms with Crippen LogP contribution in [-0.4, -0.2) is 4.57 Å². The fraction of sp³-hybridized carbons (Fsp3) is 0.125. The molecule has 0 atom stereocenters. The smallest absolute Gasteiger partial charge is 0.0490 e. The van der Waals surface area contributed by atoms with Crippen LogP contribution in [0.25, 0.3) is 10.9 Å². The Morgan fingerprint density at radius 2 is 1.95 bits per heavy atom.